The number of fused-ring (bicyclic) bond motifs is 1. The first-order chi connectivity index (χ1) is 9.02. The molecule has 0 unspecified atom stereocenters. The van der Waals surface area contributed by atoms with Crippen LogP contribution in [0.25, 0.3) is 10.2 Å². The van der Waals surface area contributed by atoms with Crippen molar-refractivity contribution in [3.63, 3.8) is 0 Å². The molecule has 1 aromatic carbocycles. The van der Waals surface area contributed by atoms with E-state index in [0.29, 0.717) is 12.1 Å². The third kappa shape index (κ3) is 3.06. The van der Waals surface area contributed by atoms with E-state index < -0.39 is 11.7 Å². The molecule has 0 atom stereocenters. The maximum atomic E-state index is 12.6. The van der Waals surface area contributed by atoms with E-state index in [4.69, 9.17) is 0 Å². The van der Waals surface area contributed by atoms with Crippen molar-refractivity contribution in [2.75, 3.05) is 6.54 Å². The van der Waals surface area contributed by atoms with Crippen molar-refractivity contribution in [2.24, 2.45) is 5.92 Å². The minimum absolute atomic E-state index is 0.433. The second-order valence-electron chi connectivity index (χ2n) is 4.86. The van der Waals surface area contributed by atoms with Crippen LogP contribution in [0.5, 0.6) is 0 Å². The first kappa shape index (κ1) is 12.9. The molecule has 1 aliphatic rings. The highest BCUT2D eigenvalue weighted by molar-refractivity contribution is 7.18. The number of nitrogens with zero attached hydrogens (tertiary/aromatic N) is 1. The summed E-state index contributed by atoms with van der Waals surface area (Å²) in [5, 5.41) is 4.14. The van der Waals surface area contributed by atoms with Gasteiger partial charge in [0.25, 0.3) is 0 Å². The molecule has 0 spiro atoms. The van der Waals surface area contributed by atoms with E-state index >= 15 is 0 Å². The summed E-state index contributed by atoms with van der Waals surface area (Å²) in [5.74, 6) is 0.784. The van der Waals surface area contributed by atoms with Crippen molar-refractivity contribution in [1.82, 2.24) is 10.3 Å². The van der Waals surface area contributed by atoms with Gasteiger partial charge < -0.3 is 5.32 Å². The number of nitrogens with one attached hydrogen (secondary N) is 1. The minimum Gasteiger partial charge on any atom is -0.310 e. The number of hydrogen-bond donors (Lipinski definition) is 1. The van der Waals surface area contributed by atoms with E-state index in [2.05, 4.69) is 10.3 Å². The minimum atomic E-state index is -4.30. The molecule has 1 N–H and O–H groups in total. The van der Waals surface area contributed by atoms with Crippen LogP contribution in [0, 0.1) is 5.92 Å². The van der Waals surface area contributed by atoms with Gasteiger partial charge in [0.1, 0.15) is 5.01 Å². The van der Waals surface area contributed by atoms with Crippen molar-refractivity contribution in [2.45, 2.75) is 25.6 Å². The Morgan fingerprint density at radius 1 is 1.32 bits per heavy atom. The Hall–Kier alpha value is -1.14. The number of aromatic nitrogens is 1. The largest absolute Gasteiger partial charge is 0.416 e. The Labute approximate surface area is 112 Å². The fraction of sp³-hybridized carbons (Fsp3) is 0.462. The second-order valence-corrected chi connectivity index (χ2v) is 5.98. The first-order valence-electron chi connectivity index (χ1n) is 6.20. The number of thiazole rings is 1. The van der Waals surface area contributed by atoms with Gasteiger partial charge in [-0.3, -0.25) is 0 Å². The number of alkyl halides is 3. The van der Waals surface area contributed by atoms with Crippen LogP contribution in [-0.4, -0.2) is 11.5 Å². The molecule has 1 fully saturated rings. The fourth-order valence-electron chi connectivity index (χ4n) is 1.93. The fourth-order valence-corrected chi connectivity index (χ4v) is 2.85. The van der Waals surface area contributed by atoms with Crippen molar-refractivity contribution in [1.29, 1.82) is 0 Å². The zero-order chi connectivity index (χ0) is 13.5. The lowest BCUT2D eigenvalue weighted by Gasteiger charge is -2.04. The first-order valence-corrected chi connectivity index (χ1v) is 7.01. The van der Waals surface area contributed by atoms with Gasteiger partial charge in [0, 0.05) is 6.54 Å². The Balaban J connectivity index is 1.75. The van der Waals surface area contributed by atoms with Crippen molar-refractivity contribution < 1.29 is 13.2 Å². The molecule has 0 radical (unpaired) electrons. The summed E-state index contributed by atoms with van der Waals surface area (Å²) in [5.41, 5.74) is -0.203. The zero-order valence-electron chi connectivity index (χ0n) is 10.1. The smallest absolute Gasteiger partial charge is 0.310 e. The summed E-state index contributed by atoms with van der Waals surface area (Å²) in [7, 11) is 0. The van der Waals surface area contributed by atoms with Crippen molar-refractivity contribution >= 4 is 21.6 Å². The van der Waals surface area contributed by atoms with Gasteiger partial charge in [0.05, 0.1) is 15.8 Å². The normalized spacial score (nSPS) is 16.2. The van der Waals surface area contributed by atoms with Gasteiger partial charge >= 0.3 is 6.18 Å². The molecule has 0 amide bonds. The van der Waals surface area contributed by atoms with Gasteiger partial charge in [-0.05, 0) is 43.5 Å². The molecule has 6 heteroatoms. The molecule has 1 saturated carbocycles. The van der Waals surface area contributed by atoms with Crippen LogP contribution in [0.1, 0.15) is 23.4 Å². The predicted octanol–water partition coefficient (Wildman–Crippen LogP) is 3.81. The van der Waals surface area contributed by atoms with Gasteiger partial charge in [-0.15, -0.1) is 11.3 Å². The highest BCUT2D eigenvalue weighted by Crippen LogP contribution is 2.33. The highest BCUT2D eigenvalue weighted by atomic mass is 32.1. The van der Waals surface area contributed by atoms with Crippen LogP contribution in [0.15, 0.2) is 18.2 Å². The maximum Gasteiger partial charge on any atom is 0.416 e. The van der Waals surface area contributed by atoms with Gasteiger partial charge in [-0.25, -0.2) is 4.98 Å². The van der Waals surface area contributed by atoms with E-state index in [1.54, 1.807) is 0 Å². The molecule has 2 nitrogen and oxygen atoms in total. The van der Waals surface area contributed by atoms with Gasteiger partial charge in [-0.2, -0.15) is 13.2 Å². The van der Waals surface area contributed by atoms with Crippen LogP contribution >= 0.6 is 11.3 Å². The molecule has 102 valence electrons. The third-order valence-corrected chi connectivity index (χ3v) is 4.20. The molecular weight excluding hydrogens is 273 g/mol. The Morgan fingerprint density at radius 3 is 2.79 bits per heavy atom. The zero-order valence-corrected chi connectivity index (χ0v) is 10.9. The van der Waals surface area contributed by atoms with E-state index in [1.807, 2.05) is 0 Å². The molecule has 0 aliphatic heterocycles. The average Bonchev–Trinajstić information content (AvgIpc) is 3.06. The van der Waals surface area contributed by atoms with Crippen LogP contribution < -0.4 is 5.32 Å². The Morgan fingerprint density at radius 2 is 2.11 bits per heavy atom. The number of hydrogen-bond acceptors (Lipinski definition) is 3. The molecule has 3 rings (SSSR count). The average molecular weight is 286 g/mol. The summed E-state index contributed by atoms with van der Waals surface area (Å²) < 4.78 is 38.6. The van der Waals surface area contributed by atoms with Gasteiger partial charge in [-0.1, -0.05) is 0 Å². The maximum absolute atomic E-state index is 12.6. The molecule has 0 bridgehead atoms. The molecule has 1 aliphatic carbocycles. The topological polar surface area (TPSA) is 24.9 Å². The van der Waals surface area contributed by atoms with Gasteiger partial charge in [0.15, 0.2) is 0 Å². The molecule has 1 heterocycles. The lowest BCUT2D eigenvalue weighted by Crippen LogP contribution is -2.15. The molecule has 19 heavy (non-hydrogen) atoms. The number of halogens is 3. The molecular formula is C13H13F3N2S. The quantitative estimate of drug-likeness (QED) is 0.924. The Kier molecular flexibility index (Phi) is 3.22. The molecule has 2 aromatic rings. The van der Waals surface area contributed by atoms with E-state index in [-0.39, 0.29) is 0 Å². The SMILES string of the molecule is FC(F)(F)c1ccc2sc(CNCC3CC3)nc2c1. The van der Waals surface area contributed by atoms with Crippen molar-refractivity contribution in [3.05, 3.63) is 28.8 Å². The standard InChI is InChI=1S/C13H13F3N2S/c14-13(15,16)9-3-4-11-10(5-9)18-12(19-11)7-17-6-8-1-2-8/h3-5,8,17H,1-2,6-7H2. The van der Waals surface area contributed by atoms with E-state index in [0.717, 1.165) is 34.3 Å². The third-order valence-electron chi connectivity index (χ3n) is 3.17. The van der Waals surface area contributed by atoms with Crippen LogP contribution in [0.3, 0.4) is 0 Å². The molecule has 1 aromatic heterocycles. The van der Waals surface area contributed by atoms with Crippen molar-refractivity contribution in [3.8, 4) is 0 Å². The summed E-state index contributed by atoms with van der Waals surface area (Å²) in [6, 6.07) is 3.73. The van der Waals surface area contributed by atoms with E-state index in [1.165, 1.54) is 30.2 Å². The predicted molar refractivity (Wildman–Crippen MR) is 69.1 cm³/mol. The summed E-state index contributed by atoms with van der Waals surface area (Å²) in [6.07, 6.45) is -1.74. The van der Waals surface area contributed by atoms with E-state index in [9.17, 15) is 13.2 Å². The lowest BCUT2D eigenvalue weighted by molar-refractivity contribution is -0.137. The lowest BCUT2D eigenvalue weighted by atomic mass is 10.2. The van der Waals surface area contributed by atoms with Crippen LogP contribution in [0.2, 0.25) is 0 Å². The highest BCUT2D eigenvalue weighted by Gasteiger charge is 2.30. The summed E-state index contributed by atoms with van der Waals surface area (Å²) in [6.45, 7) is 1.61. The monoisotopic (exact) mass is 286 g/mol. The van der Waals surface area contributed by atoms with Gasteiger partial charge in [0.2, 0.25) is 0 Å². The summed E-state index contributed by atoms with van der Waals surface area (Å²) in [4.78, 5) is 4.26. The van der Waals surface area contributed by atoms with Crippen LogP contribution in [-0.2, 0) is 12.7 Å². The second kappa shape index (κ2) is 4.76. The van der Waals surface area contributed by atoms with Crippen LogP contribution in [0.4, 0.5) is 13.2 Å². The molecule has 0 saturated heterocycles. The number of rotatable bonds is 4. The Bertz CT molecular complexity index is 587. The summed E-state index contributed by atoms with van der Waals surface area (Å²) >= 11 is 1.45. The number of benzene rings is 1.